The lowest BCUT2D eigenvalue weighted by Crippen LogP contribution is -2.55. The van der Waals surface area contributed by atoms with E-state index in [0.29, 0.717) is 28.2 Å². The van der Waals surface area contributed by atoms with Gasteiger partial charge in [-0.3, -0.25) is 14.0 Å². The van der Waals surface area contributed by atoms with Gasteiger partial charge >= 0.3 is 0 Å². The summed E-state index contributed by atoms with van der Waals surface area (Å²) in [5.41, 5.74) is 2.43. The fraction of sp³-hybridized carbons (Fsp3) is 0.333. The number of amides is 1. The van der Waals surface area contributed by atoms with Gasteiger partial charge in [-0.1, -0.05) is 18.2 Å². The Morgan fingerprint density at radius 3 is 2.75 bits per heavy atom. The molecule has 0 bridgehead atoms. The number of pyridine rings is 1. The molecule has 2 N–H and O–H groups in total. The van der Waals surface area contributed by atoms with Crippen LogP contribution in [0.25, 0.3) is 16.4 Å². The molecule has 2 aliphatic rings. The van der Waals surface area contributed by atoms with E-state index in [1.54, 1.807) is 13.0 Å². The van der Waals surface area contributed by atoms with E-state index in [9.17, 15) is 14.0 Å². The Kier molecular flexibility index (Phi) is 4.02. The maximum absolute atomic E-state index is 14.0. The SMILES string of the molecule is Cc1cc2ncc(C(=O)NC3CC4(C3)CC(c3n[nH]c(=O)c5ccccc35)C4)n2cc1F. The van der Waals surface area contributed by atoms with Crippen molar-refractivity contribution in [2.24, 2.45) is 5.41 Å². The zero-order chi connectivity index (χ0) is 22.0. The molecule has 0 radical (unpaired) electrons. The lowest BCUT2D eigenvalue weighted by Gasteiger charge is -2.57. The number of benzene rings is 1. The number of aromatic amines is 1. The lowest BCUT2D eigenvalue weighted by atomic mass is 9.49. The van der Waals surface area contributed by atoms with Gasteiger partial charge in [0.1, 0.15) is 17.2 Å². The topological polar surface area (TPSA) is 92.2 Å². The second-order valence-electron chi connectivity index (χ2n) is 9.34. The van der Waals surface area contributed by atoms with Gasteiger partial charge in [0.05, 0.1) is 17.3 Å². The summed E-state index contributed by atoms with van der Waals surface area (Å²) >= 11 is 0. The summed E-state index contributed by atoms with van der Waals surface area (Å²) in [6.07, 6.45) is 6.64. The van der Waals surface area contributed by atoms with Gasteiger partial charge in [-0.2, -0.15) is 5.10 Å². The summed E-state index contributed by atoms with van der Waals surface area (Å²) < 4.78 is 15.5. The molecule has 3 aromatic heterocycles. The highest BCUT2D eigenvalue weighted by atomic mass is 19.1. The first-order valence-electron chi connectivity index (χ1n) is 10.8. The molecule has 2 aliphatic carbocycles. The van der Waals surface area contributed by atoms with Gasteiger partial charge in [0.15, 0.2) is 0 Å². The van der Waals surface area contributed by atoms with E-state index in [2.05, 4.69) is 20.5 Å². The minimum absolute atomic E-state index is 0.101. The van der Waals surface area contributed by atoms with Gasteiger partial charge in [-0.15, -0.1) is 0 Å². The molecule has 8 heteroatoms. The van der Waals surface area contributed by atoms with Crippen molar-refractivity contribution >= 4 is 22.3 Å². The van der Waals surface area contributed by atoms with Crippen LogP contribution in [0.4, 0.5) is 4.39 Å². The van der Waals surface area contributed by atoms with Gasteiger partial charge < -0.3 is 5.32 Å². The predicted molar refractivity (Wildman–Crippen MR) is 117 cm³/mol. The zero-order valence-corrected chi connectivity index (χ0v) is 17.6. The van der Waals surface area contributed by atoms with Gasteiger partial charge in [0, 0.05) is 23.5 Å². The highest BCUT2D eigenvalue weighted by Crippen LogP contribution is 2.62. The molecule has 2 saturated carbocycles. The summed E-state index contributed by atoms with van der Waals surface area (Å²) in [4.78, 5) is 29.0. The molecule has 1 spiro atoms. The first kappa shape index (κ1) is 19.2. The number of aromatic nitrogens is 4. The molecule has 0 atom stereocenters. The Labute approximate surface area is 182 Å². The smallest absolute Gasteiger partial charge is 0.272 e. The fourth-order valence-electron chi connectivity index (χ4n) is 5.57. The predicted octanol–water partition coefficient (Wildman–Crippen LogP) is 3.47. The Morgan fingerprint density at radius 1 is 1.22 bits per heavy atom. The van der Waals surface area contributed by atoms with Gasteiger partial charge in [0.25, 0.3) is 11.5 Å². The third-order valence-electron chi connectivity index (χ3n) is 7.19. The molecule has 4 aromatic rings. The molecule has 2 fully saturated rings. The fourth-order valence-corrected chi connectivity index (χ4v) is 5.57. The number of H-pyrrole nitrogens is 1. The summed E-state index contributed by atoms with van der Waals surface area (Å²) in [7, 11) is 0. The molecule has 0 unspecified atom stereocenters. The van der Waals surface area contributed by atoms with E-state index in [-0.39, 0.29) is 28.7 Å². The van der Waals surface area contributed by atoms with Crippen LogP contribution in [-0.2, 0) is 0 Å². The Morgan fingerprint density at radius 2 is 1.97 bits per heavy atom. The van der Waals surface area contributed by atoms with Crippen LogP contribution in [0.1, 0.15) is 53.3 Å². The Balaban J connectivity index is 1.12. The van der Waals surface area contributed by atoms with E-state index in [1.165, 1.54) is 16.8 Å². The van der Waals surface area contributed by atoms with Crippen molar-refractivity contribution in [3.63, 3.8) is 0 Å². The molecular weight excluding hydrogens is 409 g/mol. The molecule has 1 amide bonds. The number of hydrogen-bond donors (Lipinski definition) is 2. The largest absolute Gasteiger partial charge is 0.348 e. The van der Waals surface area contributed by atoms with Crippen molar-refractivity contribution in [2.45, 2.75) is 44.6 Å². The number of carbonyl (C=O) groups is 1. The van der Waals surface area contributed by atoms with Crippen molar-refractivity contribution in [1.29, 1.82) is 0 Å². The van der Waals surface area contributed by atoms with Gasteiger partial charge in [0.2, 0.25) is 0 Å². The van der Waals surface area contributed by atoms with Crippen LogP contribution in [0.3, 0.4) is 0 Å². The quantitative estimate of drug-likeness (QED) is 0.520. The summed E-state index contributed by atoms with van der Waals surface area (Å²) in [6, 6.07) is 9.32. The van der Waals surface area contributed by atoms with Gasteiger partial charge in [-0.05, 0) is 55.7 Å². The number of carbonyl (C=O) groups excluding carboxylic acids is 1. The van der Waals surface area contributed by atoms with Crippen LogP contribution in [0.5, 0.6) is 0 Å². The maximum Gasteiger partial charge on any atom is 0.272 e. The second-order valence-corrected chi connectivity index (χ2v) is 9.34. The lowest BCUT2D eigenvalue weighted by molar-refractivity contribution is -0.0197. The summed E-state index contributed by atoms with van der Waals surface area (Å²) in [5.74, 6) is -0.279. The van der Waals surface area contributed by atoms with Crippen LogP contribution in [0.2, 0.25) is 0 Å². The molecule has 162 valence electrons. The minimum Gasteiger partial charge on any atom is -0.348 e. The molecule has 6 rings (SSSR count). The summed E-state index contributed by atoms with van der Waals surface area (Å²) in [5, 5.41) is 11.7. The average Bonchev–Trinajstić information content (AvgIpc) is 3.13. The normalized spacial score (nSPS) is 24.4. The zero-order valence-electron chi connectivity index (χ0n) is 17.6. The van der Waals surface area contributed by atoms with Crippen LogP contribution in [0.15, 0.2) is 47.5 Å². The van der Waals surface area contributed by atoms with Crippen LogP contribution >= 0.6 is 0 Å². The van der Waals surface area contributed by atoms with Crippen molar-refractivity contribution in [3.05, 3.63) is 75.8 Å². The number of hydrogen-bond acceptors (Lipinski definition) is 4. The number of imidazole rings is 1. The molecular formula is C24H22FN5O2. The van der Waals surface area contributed by atoms with E-state index < -0.39 is 0 Å². The Hall–Kier alpha value is -3.55. The van der Waals surface area contributed by atoms with Crippen molar-refractivity contribution in [1.82, 2.24) is 24.9 Å². The molecule has 0 aliphatic heterocycles. The number of aryl methyl sites for hydroxylation is 1. The van der Waals surface area contributed by atoms with Crippen LogP contribution < -0.4 is 10.9 Å². The number of nitrogens with one attached hydrogen (secondary N) is 2. The van der Waals surface area contributed by atoms with Crippen molar-refractivity contribution < 1.29 is 9.18 Å². The molecule has 0 saturated heterocycles. The van der Waals surface area contributed by atoms with Gasteiger partial charge in [-0.25, -0.2) is 14.5 Å². The maximum atomic E-state index is 14.0. The number of halogens is 1. The van der Waals surface area contributed by atoms with E-state index in [4.69, 9.17) is 0 Å². The van der Waals surface area contributed by atoms with Crippen LogP contribution in [-0.4, -0.2) is 31.5 Å². The van der Waals surface area contributed by atoms with Crippen LogP contribution in [0, 0.1) is 18.2 Å². The first-order valence-corrected chi connectivity index (χ1v) is 10.8. The highest BCUT2D eigenvalue weighted by Gasteiger charge is 2.54. The molecule has 32 heavy (non-hydrogen) atoms. The van der Waals surface area contributed by atoms with Crippen molar-refractivity contribution in [3.8, 4) is 0 Å². The first-order chi connectivity index (χ1) is 15.4. The second kappa shape index (κ2) is 6.72. The van der Waals surface area contributed by atoms with Crippen molar-refractivity contribution in [2.75, 3.05) is 0 Å². The van der Waals surface area contributed by atoms with E-state index >= 15 is 0 Å². The standard InChI is InChI=1S/C24H22FN5O2/c1-13-6-20-26-11-19(30(20)12-18(13)25)23(32)27-15-9-24(10-15)7-14(8-24)21-16-4-2-3-5-17(16)22(31)29-28-21/h2-6,11-12,14-15H,7-10H2,1H3,(H,27,32)(H,29,31). The molecule has 7 nitrogen and oxygen atoms in total. The average molecular weight is 431 g/mol. The highest BCUT2D eigenvalue weighted by molar-refractivity contribution is 5.93. The molecule has 3 heterocycles. The number of fused-ring (bicyclic) bond motifs is 2. The minimum atomic E-state index is -0.365. The number of nitrogens with zero attached hydrogens (tertiary/aromatic N) is 3. The number of rotatable bonds is 3. The third kappa shape index (κ3) is 2.86. The third-order valence-corrected chi connectivity index (χ3v) is 7.19. The monoisotopic (exact) mass is 431 g/mol. The molecule has 1 aromatic carbocycles. The van der Waals surface area contributed by atoms with E-state index in [1.807, 2.05) is 24.3 Å². The Bertz CT molecular complexity index is 1440. The van der Waals surface area contributed by atoms with E-state index in [0.717, 1.165) is 36.8 Å². The summed E-state index contributed by atoms with van der Waals surface area (Å²) in [6.45, 7) is 1.68.